The molecule has 0 aliphatic rings. The molecule has 7 heteroatoms. The van der Waals surface area contributed by atoms with Crippen LogP contribution in [0.25, 0.3) is 0 Å². The van der Waals surface area contributed by atoms with Crippen molar-refractivity contribution < 1.29 is 17.9 Å². The number of hydrogen-bond acceptors (Lipinski definition) is 4. The van der Waals surface area contributed by atoms with Gasteiger partial charge in [0.2, 0.25) is 15.9 Å². The van der Waals surface area contributed by atoms with Gasteiger partial charge < -0.3 is 10.1 Å². The Morgan fingerprint density at radius 1 is 1.07 bits per heavy atom. The molecule has 1 amide bonds. The molecule has 0 unspecified atom stereocenters. The van der Waals surface area contributed by atoms with Crippen molar-refractivity contribution in [2.24, 2.45) is 5.92 Å². The maximum Gasteiger partial charge on any atom is 0.232 e. The molecule has 0 saturated heterocycles. The van der Waals surface area contributed by atoms with E-state index in [0.29, 0.717) is 18.0 Å². The van der Waals surface area contributed by atoms with Crippen LogP contribution in [0, 0.1) is 5.92 Å². The van der Waals surface area contributed by atoms with Gasteiger partial charge in [-0.1, -0.05) is 44.2 Å². The van der Waals surface area contributed by atoms with Crippen molar-refractivity contribution in [3.63, 3.8) is 0 Å². The molecule has 0 aromatic heterocycles. The number of amides is 1. The average molecular weight is 433 g/mol. The van der Waals surface area contributed by atoms with Crippen LogP contribution < -0.4 is 14.4 Å². The minimum absolute atomic E-state index is 0.0852. The number of ether oxygens (including phenoxy) is 1. The third kappa shape index (κ3) is 7.37. The molecule has 0 aliphatic heterocycles. The van der Waals surface area contributed by atoms with E-state index in [1.54, 1.807) is 31.4 Å². The van der Waals surface area contributed by atoms with Crippen molar-refractivity contribution in [1.82, 2.24) is 5.32 Å². The summed E-state index contributed by atoms with van der Waals surface area (Å²) < 4.78 is 30.9. The van der Waals surface area contributed by atoms with Gasteiger partial charge in [0.25, 0.3) is 0 Å². The van der Waals surface area contributed by atoms with Gasteiger partial charge in [-0.15, -0.1) is 0 Å². The lowest BCUT2D eigenvalue weighted by Crippen LogP contribution is -2.33. The predicted molar refractivity (Wildman–Crippen MR) is 121 cm³/mol. The van der Waals surface area contributed by atoms with E-state index >= 15 is 0 Å². The third-order valence-electron chi connectivity index (χ3n) is 4.77. The van der Waals surface area contributed by atoms with Gasteiger partial charge in [-0.2, -0.15) is 0 Å². The first-order chi connectivity index (χ1) is 14.2. The SMILES string of the molecule is COc1ccc([C@H](CC(C)C)NC(=O)CCCN(c2ccccc2)S(C)(=O)=O)cc1. The van der Waals surface area contributed by atoms with Crippen LogP contribution >= 0.6 is 0 Å². The second-order valence-corrected chi connectivity index (χ2v) is 9.70. The number of para-hydroxylation sites is 1. The molecule has 0 radical (unpaired) electrons. The van der Waals surface area contributed by atoms with Gasteiger partial charge in [0.15, 0.2) is 0 Å². The summed E-state index contributed by atoms with van der Waals surface area (Å²) in [5.41, 5.74) is 1.64. The van der Waals surface area contributed by atoms with Gasteiger partial charge in [0.1, 0.15) is 5.75 Å². The zero-order chi connectivity index (χ0) is 22.1. The largest absolute Gasteiger partial charge is 0.497 e. The zero-order valence-electron chi connectivity index (χ0n) is 18.2. The summed E-state index contributed by atoms with van der Waals surface area (Å²) in [6.07, 6.45) is 2.69. The highest BCUT2D eigenvalue weighted by Gasteiger charge is 2.19. The van der Waals surface area contributed by atoms with Gasteiger partial charge in [-0.3, -0.25) is 9.10 Å². The quantitative estimate of drug-likeness (QED) is 0.579. The van der Waals surface area contributed by atoms with Gasteiger partial charge in [-0.25, -0.2) is 8.42 Å². The number of hydrogen-bond donors (Lipinski definition) is 1. The molecule has 164 valence electrons. The standard InChI is InChI=1S/C23H32N2O4S/c1-18(2)17-22(19-12-14-21(29-3)15-13-19)24-23(26)11-8-16-25(30(4,27)28)20-9-6-5-7-10-20/h5-7,9-10,12-15,18,22H,8,11,16-17H2,1-4H3,(H,24,26)/t22-/m0/s1. The summed E-state index contributed by atoms with van der Waals surface area (Å²) in [6, 6.07) is 16.6. The number of rotatable bonds is 11. The Bertz CT molecular complexity index is 897. The molecule has 6 nitrogen and oxygen atoms in total. The monoisotopic (exact) mass is 432 g/mol. The molecule has 1 N–H and O–H groups in total. The Labute approximate surface area is 180 Å². The molecule has 2 aromatic rings. The first-order valence-electron chi connectivity index (χ1n) is 10.2. The molecule has 2 rings (SSSR count). The smallest absolute Gasteiger partial charge is 0.232 e. The fourth-order valence-corrected chi connectivity index (χ4v) is 4.28. The number of carbonyl (C=O) groups excluding carboxylic acids is 1. The Morgan fingerprint density at radius 3 is 2.23 bits per heavy atom. The Balaban J connectivity index is 1.99. The van der Waals surface area contributed by atoms with Crippen LogP contribution in [-0.4, -0.2) is 34.2 Å². The highest BCUT2D eigenvalue weighted by Crippen LogP contribution is 2.24. The molecule has 2 aromatic carbocycles. The number of carbonyl (C=O) groups is 1. The summed E-state index contributed by atoms with van der Waals surface area (Å²) in [4.78, 5) is 12.6. The van der Waals surface area contributed by atoms with E-state index in [2.05, 4.69) is 19.2 Å². The molecule has 0 bridgehead atoms. The minimum atomic E-state index is -3.41. The summed E-state index contributed by atoms with van der Waals surface area (Å²) in [6.45, 7) is 4.49. The highest BCUT2D eigenvalue weighted by atomic mass is 32.2. The molecular formula is C23H32N2O4S. The van der Waals surface area contributed by atoms with Gasteiger partial charge in [0, 0.05) is 13.0 Å². The van der Waals surface area contributed by atoms with Crippen LogP contribution in [0.1, 0.15) is 44.7 Å². The van der Waals surface area contributed by atoms with Crippen LogP contribution in [0.5, 0.6) is 5.75 Å². The van der Waals surface area contributed by atoms with Crippen molar-refractivity contribution in [2.75, 3.05) is 24.2 Å². The predicted octanol–water partition coefficient (Wildman–Crippen LogP) is 4.15. The van der Waals surface area contributed by atoms with Crippen molar-refractivity contribution in [3.8, 4) is 5.75 Å². The maximum absolute atomic E-state index is 12.6. The lowest BCUT2D eigenvalue weighted by Gasteiger charge is -2.23. The maximum atomic E-state index is 12.6. The number of anilines is 1. The van der Waals surface area contributed by atoms with E-state index in [4.69, 9.17) is 4.74 Å². The normalized spacial score (nSPS) is 12.4. The van der Waals surface area contributed by atoms with Crippen LogP contribution in [-0.2, 0) is 14.8 Å². The topological polar surface area (TPSA) is 75.7 Å². The number of benzene rings is 2. The molecular weight excluding hydrogens is 400 g/mol. The molecule has 0 fully saturated rings. The lowest BCUT2D eigenvalue weighted by atomic mass is 9.96. The van der Waals surface area contributed by atoms with Crippen molar-refractivity contribution in [3.05, 3.63) is 60.2 Å². The van der Waals surface area contributed by atoms with E-state index in [0.717, 1.165) is 17.7 Å². The third-order valence-corrected chi connectivity index (χ3v) is 5.96. The van der Waals surface area contributed by atoms with E-state index < -0.39 is 10.0 Å². The highest BCUT2D eigenvalue weighted by molar-refractivity contribution is 7.92. The van der Waals surface area contributed by atoms with Crippen molar-refractivity contribution >= 4 is 21.6 Å². The minimum Gasteiger partial charge on any atom is -0.497 e. The first kappa shape index (κ1) is 23.7. The number of methoxy groups -OCH3 is 1. The van der Waals surface area contributed by atoms with E-state index in [1.807, 2.05) is 30.3 Å². The van der Waals surface area contributed by atoms with Gasteiger partial charge >= 0.3 is 0 Å². The Kier molecular flexibility index (Phi) is 8.72. The number of nitrogens with zero attached hydrogens (tertiary/aromatic N) is 1. The molecule has 0 spiro atoms. The average Bonchev–Trinajstić information content (AvgIpc) is 2.70. The summed E-state index contributed by atoms with van der Waals surface area (Å²) in [5, 5.41) is 3.11. The molecule has 0 aliphatic carbocycles. The molecule has 30 heavy (non-hydrogen) atoms. The second-order valence-electron chi connectivity index (χ2n) is 7.80. The van der Waals surface area contributed by atoms with Crippen LogP contribution in [0.4, 0.5) is 5.69 Å². The summed E-state index contributed by atoms with van der Waals surface area (Å²) >= 11 is 0. The van der Waals surface area contributed by atoms with Crippen LogP contribution in [0.2, 0.25) is 0 Å². The van der Waals surface area contributed by atoms with E-state index in [-0.39, 0.29) is 24.9 Å². The van der Waals surface area contributed by atoms with Crippen molar-refractivity contribution in [1.29, 1.82) is 0 Å². The molecule has 0 heterocycles. The zero-order valence-corrected chi connectivity index (χ0v) is 19.0. The van der Waals surface area contributed by atoms with Crippen molar-refractivity contribution in [2.45, 2.75) is 39.2 Å². The van der Waals surface area contributed by atoms with Gasteiger partial charge in [-0.05, 0) is 48.6 Å². The second kappa shape index (κ2) is 11.0. The van der Waals surface area contributed by atoms with Crippen LogP contribution in [0.3, 0.4) is 0 Å². The summed E-state index contributed by atoms with van der Waals surface area (Å²) in [5.74, 6) is 1.10. The fraction of sp³-hybridized carbons (Fsp3) is 0.435. The van der Waals surface area contributed by atoms with E-state index in [1.165, 1.54) is 10.6 Å². The molecule has 1 atom stereocenters. The van der Waals surface area contributed by atoms with Crippen LogP contribution in [0.15, 0.2) is 54.6 Å². The lowest BCUT2D eigenvalue weighted by molar-refractivity contribution is -0.122. The fourth-order valence-electron chi connectivity index (χ4n) is 3.32. The first-order valence-corrected chi connectivity index (χ1v) is 12.0. The molecule has 0 saturated carbocycles. The van der Waals surface area contributed by atoms with E-state index in [9.17, 15) is 13.2 Å². The number of nitrogens with one attached hydrogen (secondary N) is 1. The number of sulfonamides is 1. The van der Waals surface area contributed by atoms with Gasteiger partial charge in [0.05, 0.1) is 25.1 Å². The summed E-state index contributed by atoms with van der Waals surface area (Å²) in [7, 11) is -1.79. The Morgan fingerprint density at radius 2 is 1.70 bits per heavy atom. The Hall–Kier alpha value is -2.54.